The van der Waals surface area contributed by atoms with Gasteiger partial charge in [-0.15, -0.1) is 0 Å². The van der Waals surface area contributed by atoms with E-state index in [0.717, 1.165) is 0 Å². The Kier molecular flexibility index (Phi) is 2.95. The van der Waals surface area contributed by atoms with Crippen LogP contribution >= 0.6 is 0 Å². The van der Waals surface area contributed by atoms with Crippen LogP contribution in [0.2, 0.25) is 0 Å². The minimum atomic E-state index is -0.847. The van der Waals surface area contributed by atoms with Crippen LogP contribution in [0.3, 0.4) is 0 Å². The molecule has 0 rings (SSSR count). The Morgan fingerprint density at radius 1 is 1.62 bits per heavy atom. The highest BCUT2D eigenvalue weighted by atomic mass is 16.8. The summed E-state index contributed by atoms with van der Waals surface area (Å²) >= 11 is 0. The van der Waals surface area contributed by atoms with Crippen molar-refractivity contribution in [2.45, 2.75) is 20.0 Å². The molecule has 0 atom stereocenters. The highest BCUT2D eigenvalue weighted by molar-refractivity contribution is 5.59. The molecule has 8 heavy (non-hydrogen) atoms. The van der Waals surface area contributed by atoms with E-state index in [0.29, 0.717) is 0 Å². The predicted octanol–water partition coefficient (Wildman–Crippen LogP) is 0.422. The topological polar surface area (TPSA) is 61.5 Å². The summed E-state index contributed by atoms with van der Waals surface area (Å²) in [6, 6.07) is 0. The fourth-order valence-corrected chi connectivity index (χ4v) is 0.220. The predicted molar refractivity (Wildman–Crippen MR) is 26.9 cm³/mol. The summed E-state index contributed by atoms with van der Waals surface area (Å²) in [6.45, 7) is 3.41. The van der Waals surface area contributed by atoms with Crippen molar-refractivity contribution < 1.29 is 14.4 Å². The molecule has 0 aliphatic heterocycles. The lowest BCUT2D eigenvalue weighted by molar-refractivity contribution is 0.0343. The van der Waals surface area contributed by atoms with Crippen molar-refractivity contribution in [1.29, 1.82) is 0 Å². The molecule has 0 saturated heterocycles. The maximum absolute atomic E-state index is 10.1. The van der Waals surface area contributed by atoms with Crippen LogP contribution in [-0.4, -0.2) is 12.3 Å². The zero-order valence-corrected chi connectivity index (χ0v) is 4.88. The Bertz CT molecular complexity index is 81.4. The minimum absolute atomic E-state index is 0.175. The van der Waals surface area contributed by atoms with Gasteiger partial charge in [0, 0.05) is 0 Å². The third-order valence-corrected chi connectivity index (χ3v) is 0.428. The largest absolute Gasteiger partial charge is 0.527 e. The molecule has 0 aromatic heterocycles. The summed E-state index contributed by atoms with van der Waals surface area (Å²) in [7, 11) is 0. The van der Waals surface area contributed by atoms with Gasteiger partial charge in [-0.1, -0.05) is 0 Å². The molecule has 0 aliphatic carbocycles. The monoisotopic (exact) mass is 119 g/mol. The second-order valence-electron chi connectivity index (χ2n) is 1.53. The summed E-state index contributed by atoms with van der Waals surface area (Å²) in [5, 5.41) is 0. The van der Waals surface area contributed by atoms with E-state index in [-0.39, 0.29) is 6.10 Å². The van der Waals surface area contributed by atoms with Crippen molar-refractivity contribution in [2.24, 2.45) is 5.90 Å². The van der Waals surface area contributed by atoms with E-state index >= 15 is 0 Å². The van der Waals surface area contributed by atoms with Crippen LogP contribution in [0, 0.1) is 0 Å². The first kappa shape index (κ1) is 7.23. The first-order valence-corrected chi connectivity index (χ1v) is 2.24. The quantitative estimate of drug-likeness (QED) is 0.401. The van der Waals surface area contributed by atoms with Gasteiger partial charge in [0.2, 0.25) is 0 Å². The number of carbonyl (C=O) groups excluding carboxylic acids is 1. The number of hydrogen-bond acceptors (Lipinski definition) is 4. The van der Waals surface area contributed by atoms with E-state index in [4.69, 9.17) is 0 Å². The maximum Gasteiger partial charge on any atom is 0.527 e. The molecule has 4 nitrogen and oxygen atoms in total. The average Bonchev–Trinajstić information content (AvgIpc) is 1.65. The molecule has 48 valence electrons. The summed E-state index contributed by atoms with van der Waals surface area (Å²) in [4.78, 5) is 13.8. The Morgan fingerprint density at radius 3 is 2.25 bits per heavy atom. The van der Waals surface area contributed by atoms with Gasteiger partial charge in [-0.25, -0.2) is 4.79 Å². The van der Waals surface area contributed by atoms with Crippen molar-refractivity contribution in [1.82, 2.24) is 0 Å². The third kappa shape index (κ3) is 3.42. The number of rotatable bonds is 1. The van der Waals surface area contributed by atoms with Crippen molar-refractivity contribution in [3.8, 4) is 0 Å². The number of nitrogens with two attached hydrogens (primary N) is 1. The van der Waals surface area contributed by atoms with Crippen molar-refractivity contribution >= 4 is 6.16 Å². The molecule has 0 bridgehead atoms. The molecule has 0 fully saturated rings. The minimum Gasteiger partial charge on any atom is -0.430 e. The molecular weight excluding hydrogens is 110 g/mol. The number of carbonyl (C=O) groups is 1. The highest BCUT2D eigenvalue weighted by Crippen LogP contribution is 1.88. The first-order chi connectivity index (χ1) is 3.66. The normalized spacial score (nSPS) is 9.00. The van der Waals surface area contributed by atoms with E-state index in [1.54, 1.807) is 13.8 Å². The molecule has 0 aromatic carbocycles. The molecule has 0 spiro atoms. The average molecular weight is 119 g/mol. The van der Waals surface area contributed by atoms with Crippen molar-refractivity contribution in [3.05, 3.63) is 0 Å². The fraction of sp³-hybridized carbons (Fsp3) is 0.750. The van der Waals surface area contributed by atoms with E-state index in [1.165, 1.54) is 0 Å². The summed E-state index contributed by atoms with van der Waals surface area (Å²) < 4.78 is 4.41. The van der Waals surface area contributed by atoms with Gasteiger partial charge in [0.25, 0.3) is 0 Å². The van der Waals surface area contributed by atoms with Gasteiger partial charge in [0.15, 0.2) is 0 Å². The molecule has 2 N–H and O–H groups in total. The third-order valence-electron chi connectivity index (χ3n) is 0.428. The second kappa shape index (κ2) is 3.26. The molecule has 0 unspecified atom stereocenters. The number of hydrogen-bond donors (Lipinski definition) is 1. The Balaban J connectivity index is 3.25. The van der Waals surface area contributed by atoms with Crippen LogP contribution in [-0.2, 0) is 9.57 Å². The zero-order valence-electron chi connectivity index (χ0n) is 4.88. The van der Waals surface area contributed by atoms with Gasteiger partial charge >= 0.3 is 6.16 Å². The van der Waals surface area contributed by atoms with Gasteiger partial charge in [0.05, 0.1) is 6.10 Å². The molecular formula is C4H9NO3. The SMILES string of the molecule is CC(C)OC(=O)ON. The lowest BCUT2D eigenvalue weighted by Crippen LogP contribution is -2.15. The molecule has 0 aromatic rings. The zero-order chi connectivity index (χ0) is 6.57. The van der Waals surface area contributed by atoms with Gasteiger partial charge in [-0.3, -0.25) is 0 Å². The standard InChI is InChI=1S/C4H9NO3/c1-3(2)7-4(6)8-5/h3H,5H2,1-2H3. The molecule has 0 saturated carbocycles. The van der Waals surface area contributed by atoms with Crippen molar-refractivity contribution in [2.75, 3.05) is 0 Å². The van der Waals surface area contributed by atoms with Crippen LogP contribution in [0.4, 0.5) is 4.79 Å². The molecule has 0 aliphatic rings. The molecule has 0 radical (unpaired) electrons. The lowest BCUT2D eigenvalue weighted by Gasteiger charge is -2.03. The number of ether oxygens (including phenoxy) is 1. The smallest absolute Gasteiger partial charge is 0.430 e. The van der Waals surface area contributed by atoms with E-state index in [1.807, 2.05) is 0 Å². The Labute approximate surface area is 47.5 Å². The van der Waals surface area contributed by atoms with Gasteiger partial charge < -0.3 is 9.57 Å². The molecule has 4 heteroatoms. The van der Waals surface area contributed by atoms with Crippen molar-refractivity contribution in [3.63, 3.8) is 0 Å². The molecule has 0 amide bonds. The van der Waals surface area contributed by atoms with E-state index < -0.39 is 6.16 Å². The van der Waals surface area contributed by atoms with E-state index in [9.17, 15) is 4.79 Å². The highest BCUT2D eigenvalue weighted by Gasteiger charge is 2.02. The van der Waals surface area contributed by atoms with Gasteiger partial charge in [-0.05, 0) is 13.8 Å². The second-order valence-corrected chi connectivity index (χ2v) is 1.53. The van der Waals surface area contributed by atoms with Gasteiger partial charge in [-0.2, -0.15) is 5.90 Å². The van der Waals surface area contributed by atoms with Crippen LogP contribution in [0.15, 0.2) is 0 Å². The molecule has 0 heterocycles. The Hall–Kier alpha value is -0.770. The first-order valence-electron chi connectivity index (χ1n) is 2.24. The van der Waals surface area contributed by atoms with Crippen LogP contribution < -0.4 is 5.90 Å². The van der Waals surface area contributed by atoms with E-state index in [2.05, 4.69) is 15.5 Å². The fourth-order valence-electron chi connectivity index (χ4n) is 0.220. The van der Waals surface area contributed by atoms with Crippen LogP contribution in [0.1, 0.15) is 13.8 Å². The Morgan fingerprint density at radius 2 is 2.12 bits per heavy atom. The van der Waals surface area contributed by atoms with Crippen LogP contribution in [0.5, 0.6) is 0 Å². The van der Waals surface area contributed by atoms with Gasteiger partial charge in [0.1, 0.15) is 0 Å². The lowest BCUT2D eigenvalue weighted by atomic mass is 10.5. The summed E-state index contributed by atoms with van der Waals surface area (Å²) in [5.74, 6) is 4.45. The maximum atomic E-state index is 10.1. The summed E-state index contributed by atoms with van der Waals surface area (Å²) in [5.41, 5.74) is 0. The van der Waals surface area contributed by atoms with Crippen LogP contribution in [0.25, 0.3) is 0 Å². The summed E-state index contributed by atoms with van der Waals surface area (Å²) in [6.07, 6.45) is -1.02.